The molecule has 0 spiro atoms. The van der Waals surface area contributed by atoms with Gasteiger partial charge in [0, 0.05) is 50.0 Å². The number of fused-ring (bicyclic) bond motifs is 6. The smallest absolute Gasteiger partial charge is 0.0541 e. The highest BCUT2D eigenvalue weighted by Gasteiger charge is 2.17. The van der Waals surface area contributed by atoms with Crippen molar-refractivity contribution in [1.82, 2.24) is 9.13 Å². The van der Waals surface area contributed by atoms with Crippen molar-refractivity contribution in [2.24, 2.45) is 0 Å². The SMILES string of the molecule is c1ccc(-c2ccc(N(c3ccc(-c4ccc(-c5ccc6c(c5)c5ccccc5n6-c5ccccc5)cc4)cc3)c3ccc(-n4c5ccccc5c5ccccc54)cc3)cc2)cc1. The number of hydrogen-bond acceptors (Lipinski definition) is 1. The second-order valence-electron chi connectivity index (χ2n) is 16.2. The van der Waals surface area contributed by atoms with Crippen LogP contribution < -0.4 is 4.90 Å². The average Bonchev–Trinajstić information content (AvgIpc) is 3.88. The van der Waals surface area contributed by atoms with Crippen LogP contribution in [0.5, 0.6) is 0 Å². The Balaban J connectivity index is 0.878. The Hall–Kier alpha value is -8.40. The highest BCUT2D eigenvalue weighted by molar-refractivity contribution is 6.11. The molecule has 0 aliphatic heterocycles. The number of para-hydroxylation sites is 4. The van der Waals surface area contributed by atoms with Gasteiger partial charge in [-0.05, 0) is 124 Å². The van der Waals surface area contributed by atoms with Crippen molar-refractivity contribution in [1.29, 1.82) is 0 Å². The standard InChI is InChI=1S/C60H41N3/c1-3-13-42(14-4-1)44-27-32-49(33-28-44)61(51-36-38-52(39-37-51)63-57-20-10-7-17-53(57)54-18-8-11-21-58(54)63)50-34-29-45(30-35-50)43-23-25-46(26-24-43)47-31-40-60-56(41-47)55-19-9-12-22-59(55)62(60)48-15-5-2-6-16-48/h1-41H. The van der Waals surface area contributed by atoms with Gasteiger partial charge >= 0.3 is 0 Å². The summed E-state index contributed by atoms with van der Waals surface area (Å²) in [6.45, 7) is 0. The fraction of sp³-hybridized carbons (Fsp3) is 0. The molecule has 0 atom stereocenters. The maximum absolute atomic E-state index is 2.37. The van der Waals surface area contributed by atoms with Crippen LogP contribution in [0.25, 0.3) is 88.4 Å². The lowest BCUT2D eigenvalue weighted by Gasteiger charge is -2.26. The molecule has 0 amide bonds. The minimum atomic E-state index is 1.09. The fourth-order valence-electron chi connectivity index (χ4n) is 9.50. The first-order valence-electron chi connectivity index (χ1n) is 21.6. The van der Waals surface area contributed by atoms with Crippen molar-refractivity contribution in [3.63, 3.8) is 0 Å². The lowest BCUT2D eigenvalue weighted by atomic mass is 9.98. The normalized spacial score (nSPS) is 11.5. The van der Waals surface area contributed by atoms with Crippen LogP contribution in [-0.2, 0) is 0 Å². The lowest BCUT2D eigenvalue weighted by Crippen LogP contribution is -2.10. The van der Waals surface area contributed by atoms with Crippen LogP contribution >= 0.6 is 0 Å². The monoisotopic (exact) mass is 803 g/mol. The van der Waals surface area contributed by atoms with Crippen molar-refractivity contribution in [3.8, 4) is 44.8 Å². The number of aromatic nitrogens is 2. The first-order chi connectivity index (χ1) is 31.2. The zero-order valence-corrected chi connectivity index (χ0v) is 34.5. The van der Waals surface area contributed by atoms with E-state index in [4.69, 9.17) is 0 Å². The van der Waals surface area contributed by atoms with Gasteiger partial charge in [-0.25, -0.2) is 0 Å². The van der Waals surface area contributed by atoms with Crippen molar-refractivity contribution in [2.75, 3.05) is 4.90 Å². The van der Waals surface area contributed by atoms with E-state index in [2.05, 4.69) is 263 Å². The number of nitrogens with zero attached hydrogens (tertiary/aromatic N) is 3. The quantitative estimate of drug-likeness (QED) is 0.149. The molecular formula is C60H41N3. The molecule has 0 fully saturated rings. The molecule has 0 bridgehead atoms. The van der Waals surface area contributed by atoms with E-state index in [9.17, 15) is 0 Å². The molecule has 0 unspecified atom stereocenters. The Morgan fingerprint density at radius 1 is 0.222 bits per heavy atom. The van der Waals surface area contributed by atoms with E-state index in [1.54, 1.807) is 0 Å². The van der Waals surface area contributed by atoms with Gasteiger partial charge in [-0.2, -0.15) is 0 Å². The summed E-state index contributed by atoms with van der Waals surface area (Å²) in [5, 5.41) is 5.04. The van der Waals surface area contributed by atoms with E-state index in [0.29, 0.717) is 0 Å². The summed E-state index contributed by atoms with van der Waals surface area (Å²) in [6, 6.07) is 90.0. The first kappa shape index (κ1) is 36.5. The lowest BCUT2D eigenvalue weighted by molar-refractivity contribution is 1.17. The van der Waals surface area contributed by atoms with Crippen LogP contribution in [0.1, 0.15) is 0 Å². The molecule has 2 heterocycles. The fourth-order valence-corrected chi connectivity index (χ4v) is 9.50. The van der Waals surface area contributed by atoms with Crippen LogP contribution in [0.4, 0.5) is 17.1 Å². The Kier molecular flexibility index (Phi) is 8.83. The van der Waals surface area contributed by atoms with E-state index in [-0.39, 0.29) is 0 Å². The third kappa shape index (κ3) is 6.38. The van der Waals surface area contributed by atoms with E-state index in [1.807, 2.05) is 0 Å². The third-order valence-electron chi connectivity index (χ3n) is 12.5. The predicted octanol–water partition coefficient (Wildman–Crippen LogP) is 16.4. The number of rotatable bonds is 8. The summed E-state index contributed by atoms with van der Waals surface area (Å²) in [7, 11) is 0. The maximum Gasteiger partial charge on any atom is 0.0541 e. The predicted molar refractivity (Wildman–Crippen MR) is 266 cm³/mol. The van der Waals surface area contributed by atoms with E-state index >= 15 is 0 Å². The van der Waals surface area contributed by atoms with Crippen molar-refractivity contribution < 1.29 is 0 Å². The molecule has 3 heteroatoms. The van der Waals surface area contributed by atoms with Gasteiger partial charge < -0.3 is 14.0 Å². The zero-order chi connectivity index (χ0) is 41.7. The van der Waals surface area contributed by atoms with Gasteiger partial charge in [0.15, 0.2) is 0 Å². The Morgan fingerprint density at radius 2 is 0.540 bits per heavy atom. The van der Waals surface area contributed by atoms with Gasteiger partial charge in [0.2, 0.25) is 0 Å². The van der Waals surface area contributed by atoms with Gasteiger partial charge in [0.1, 0.15) is 0 Å². The number of anilines is 3. The van der Waals surface area contributed by atoms with Crippen LogP contribution in [0.3, 0.4) is 0 Å². The molecule has 0 saturated heterocycles. The first-order valence-corrected chi connectivity index (χ1v) is 21.6. The molecule has 296 valence electrons. The Labute approximate surface area is 366 Å². The highest BCUT2D eigenvalue weighted by Crippen LogP contribution is 2.40. The molecular weight excluding hydrogens is 763 g/mol. The molecule has 12 aromatic rings. The van der Waals surface area contributed by atoms with Crippen LogP contribution in [-0.4, -0.2) is 9.13 Å². The second-order valence-corrected chi connectivity index (χ2v) is 16.2. The van der Waals surface area contributed by atoms with Gasteiger partial charge in [0.05, 0.1) is 22.1 Å². The van der Waals surface area contributed by atoms with Crippen molar-refractivity contribution in [2.45, 2.75) is 0 Å². The molecule has 12 rings (SSSR count). The maximum atomic E-state index is 2.37. The Morgan fingerprint density at radius 3 is 1.03 bits per heavy atom. The van der Waals surface area contributed by atoms with E-state index < -0.39 is 0 Å². The molecule has 63 heavy (non-hydrogen) atoms. The largest absolute Gasteiger partial charge is 0.311 e. The van der Waals surface area contributed by atoms with Crippen LogP contribution in [0.2, 0.25) is 0 Å². The molecule has 0 N–H and O–H groups in total. The molecule has 10 aromatic carbocycles. The summed E-state index contributed by atoms with van der Waals surface area (Å²) in [4.78, 5) is 2.35. The molecule has 3 nitrogen and oxygen atoms in total. The second kappa shape index (κ2) is 15.3. The Bertz CT molecular complexity index is 3510. The molecule has 0 aliphatic rings. The van der Waals surface area contributed by atoms with E-state index in [0.717, 1.165) is 22.7 Å². The molecule has 0 aliphatic carbocycles. The summed E-state index contributed by atoms with van der Waals surface area (Å²) in [5.74, 6) is 0. The summed E-state index contributed by atoms with van der Waals surface area (Å²) >= 11 is 0. The van der Waals surface area contributed by atoms with Crippen LogP contribution in [0, 0.1) is 0 Å². The third-order valence-corrected chi connectivity index (χ3v) is 12.5. The van der Waals surface area contributed by atoms with Gasteiger partial charge in [0.25, 0.3) is 0 Å². The van der Waals surface area contributed by atoms with Gasteiger partial charge in [-0.15, -0.1) is 0 Å². The van der Waals surface area contributed by atoms with Gasteiger partial charge in [-0.1, -0.05) is 158 Å². The molecule has 0 radical (unpaired) electrons. The molecule has 0 saturated carbocycles. The number of hydrogen-bond donors (Lipinski definition) is 0. The summed E-state index contributed by atoms with van der Waals surface area (Å²) in [6.07, 6.45) is 0. The highest BCUT2D eigenvalue weighted by atomic mass is 15.1. The van der Waals surface area contributed by atoms with Crippen LogP contribution in [0.15, 0.2) is 249 Å². The van der Waals surface area contributed by atoms with E-state index in [1.165, 1.54) is 82.7 Å². The summed E-state index contributed by atoms with van der Waals surface area (Å²) in [5.41, 5.74) is 17.6. The van der Waals surface area contributed by atoms with Crippen molar-refractivity contribution >= 4 is 60.7 Å². The molecule has 2 aromatic heterocycles. The zero-order valence-electron chi connectivity index (χ0n) is 34.5. The minimum absolute atomic E-state index is 1.09. The summed E-state index contributed by atoms with van der Waals surface area (Å²) < 4.78 is 4.74. The minimum Gasteiger partial charge on any atom is -0.311 e. The average molecular weight is 804 g/mol. The number of benzene rings is 10. The van der Waals surface area contributed by atoms with Gasteiger partial charge in [-0.3, -0.25) is 0 Å². The van der Waals surface area contributed by atoms with Crippen molar-refractivity contribution in [3.05, 3.63) is 249 Å². The topological polar surface area (TPSA) is 13.1 Å².